The third-order valence-electron chi connectivity index (χ3n) is 3.90. The molecule has 1 aliphatic rings. The molecule has 7 nitrogen and oxygen atoms in total. The molecule has 0 aromatic carbocycles. The van der Waals surface area contributed by atoms with Gasteiger partial charge in [-0.15, -0.1) is 0 Å². The van der Waals surface area contributed by atoms with E-state index in [9.17, 15) is 19.5 Å². The fourth-order valence-corrected chi connectivity index (χ4v) is 2.30. The van der Waals surface area contributed by atoms with Crippen LogP contribution in [0.15, 0.2) is 0 Å². The van der Waals surface area contributed by atoms with Gasteiger partial charge in [-0.2, -0.15) is 0 Å². The summed E-state index contributed by atoms with van der Waals surface area (Å²) in [4.78, 5) is 35.9. The van der Waals surface area contributed by atoms with Gasteiger partial charge in [0.1, 0.15) is 0 Å². The number of carboxylic acid groups (broad SMARTS) is 1. The number of amides is 3. The normalized spacial score (nSPS) is 16.5. The molecular weight excluding hydrogens is 262 g/mol. The summed E-state index contributed by atoms with van der Waals surface area (Å²) in [6.07, 6.45) is 2.91. The number of nitrogens with one attached hydrogen (secondary N) is 2. The number of carboxylic acids is 1. The Morgan fingerprint density at radius 1 is 1.20 bits per heavy atom. The molecule has 0 saturated heterocycles. The Morgan fingerprint density at radius 2 is 1.80 bits per heavy atom. The molecule has 0 unspecified atom stereocenters. The summed E-state index contributed by atoms with van der Waals surface area (Å²) in [5.74, 6) is -1.05. The van der Waals surface area contributed by atoms with Crippen molar-refractivity contribution < 1.29 is 19.5 Å². The number of rotatable bonds is 6. The van der Waals surface area contributed by atoms with Gasteiger partial charge in [0.15, 0.2) is 0 Å². The Hall–Kier alpha value is -1.79. The molecule has 0 atom stereocenters. The highest BCUT2D eigenvalue weighted by molar-refractivity contribution is 5.84. The maximum Gasteiger partial charge on any atom is 0.315 e. The first-order valence-corrected chi connectivity index (χ1v) is 6.90. The summed E-state index contributed by atoms with van der Waals surface area (Å²) in [6.45, 7) is 2.43. The van der Waals surface area contributed by atoms with E-state index in [1.807, 2.05) is 6.92 Å². The Bertz CT molecular complexity index is 378. The van der Waals surface area contributed by atoms with Crippen LogP contribution < -0.4 is 10.6 Å². The number of nitrogens with zero attached hydrogens (tertiary/aromatic N) is 1. The topological polar surface area (TPSA) is 98.7 Å². The number of urea groups is 1. The highest BCUT2D eigenvalue weighted by Crippen LogP contribution is 2.37. The van der Waals surface area contributed by atoms with Gasteiger partial charge in [-0.3, -0.25) is 9.59 Å². The molecule has 0 aliphatic heterocycles. The van der Waals surface area contributed by atoms with Crippen LogP contribution in [0, 0.1) is 5.41 Å². The van der Waals surface area contributed by atoms with Crippen LogP contribution in [-0.2, 0) is 9.59 Å². The molecule has 0 bridgehead atoms. The summed E-state index contributed by atoms with van der Waals surface area (Å²) < 4.78 is 0. The van der Waals surface area contributed by atoms with Gasteiger partial charge in [0.25, 0.3) is 0 Å². The maximum atomic E-state index is 11.6. The van der Waals surface area contributed by atoms with E-state index >= 15 is 0 Å². The number of hydrogen-bond donors (Lipinski definition) is 3. The minimum Gasteiger partial charge on any atom is -0.481 e. The van der Waals surface area contributed by atoms with Crippen LogP contribution in [0.1, 0.15) is 32.6 Å². The lowest BCUT2D eigenvalue weighted by Gasteiger charge is -2.24. The van der Waals surface area contributed by atoms with Gasteiger partial charge >= 0.3 is 12.0 Å². The van der Waals surface area contributed by atoms with Crippen molar-refractivity contribution in [2.75, 3.05) is 26.7 Å². The number of hydrogen-bond acceptors (Lipinski definition) is 3. The predicted molar refractivity (Wildman–Crippen MR) is 73.2 cm³/mol. The molecule has 3 N–H and O–H groups in total. The first-order valence-electron chi connectivity index (χ1n) is 6.90. The first-order chi connectivity index (χ1) is 9.41. The second kappa shape index (κ2) is 7.12. The standard InChI is InChI=1S/C13H23N3O4/c1-3-16(2)10(17)8-14-12(20)15-9-13(11(18)19)6-4-5-7-13/h3-9H2,1-2H3,(H,18,19)(H2,14,15,20). The largest absolute Gasteiger partial charge is 0.481 e. The van der Waals surface area contributed by atoms with Crippen molar-refractivity contribution in [2.45, 2.75) is 32.6 Å². The van der Waals surface area contributed by atoms with Crippen LogP contribution in [-0.4, -0.2) is 54.6 Å². The van der Waals surface area contributed by atoms with Crippen LogP contribution in [0.2, 0.25) is 0 Å². The maximum absolute atomic E-state index is 11.6. The summed E-state index contributed by atoms with van der Waals surface area (Å²) in [7, 11) is 1.65. The van der Waals surface area contributed by atoms with Gasteiger partial charge in [-0.1, -0.05) is 12.8 Å². The third kappa shape index (κ3) is 4.11. The highest BCUT2D eigenvalue weighted by atomic mass is 16.4. The summed E-state index contributed by atoms with van der Waals surface area (Å²) in [6, 6.07) is -0.504. The number of aliphatic carboxylic acids is 1. The van der Waals surface area contributed by atoms with E-state index in [1.165, 1.54) is 4.90 Å². The lowest BCUT2D eigenvalue weighted by atomic mass is 9.86. The van der Waals surface area contributed by atoms with Crippen LogP contribution in [0.25, 0.3) is 0 Å². The van der Waals surface area contributed by atoms with E-state index in [4.69, 9.17) is 0 Å². The second-order valence-corrected chi connectivity index (χ2v) is 5.24. The Labute approximate surface area is 118 Å². The molecule has 3 amide bonds. The zero-order valence-corrected chi connectivity index (χ0v) is 12.1. The first kappa shape index (κ1) is 16.3. The Balaban J connectivity index is 2.36. The lowest BCUT2D eigenvalue weighted by molar-refractivity contribution is -0.148. The minimum absolute atomic E-state index is 0.0871. The molecule has 0 radical (unpaired) electrons. The summed E-state index contributed by atoms with van der Waals surface area (Å²) >= 11 is 0. The Morgan fingerprint density at radius 3 is 2.30 bits per heavy atom. The molecular formula is C13H23N3O4. The molecule has 1 aliphatic carbocycles. The monoisotopic (exact) mass is 285 g/mol. The zero-order valence-electron chi connectivity index (χ0n) is 12.1. The minimum atomic E-state index is -0.864. The average Bonchev–Trinajstić information content (AvgIpc) is 2.91. The fraction of sp³-hybridized carbons (Fsp3) is 0.769. The Kier molecular flexibility index (Phi) is 5.79. The quantitative estimate of drug-likeness (QED) is 0.658. The van der Waals surface area contributed by atoms with E-state index < -0.39 is 17.4 Å². The van der Waals surface area contributed by atoms with Gasteiger partial charge in [-0.05, 0) is 19.8 Å². The highest BCUT2D eigenvalue weighted by Gasteiger charge is 2.41. The van der Waals surface area contributed by atoms with Crippen molar-refractivity contribution in [1.82, 2.24) is 15.5 Å². The molecule has 1 saturated carbocycles. The van der Waals surface area contributed by atoms with Crippen LogP contribution in [0.3, 0.4) is 0 Å². The summed E-state index contributed by atoms with van der Waals surface area (Å²) in [5.41, 5.74) is -0.846. The summed E-state index contributed by atoms with van der Waals surface area (Å²) in [5, 5.41) is 14.3. The van der Waals surface area contributed by atoms with E-state index in [0.717, 1.165) is 12.8 Å². The van der Waals surface area contributed by atoms with Gasteiger partial charge in [0, 0.05) is 20.1 Å². The number of carbonyl (C=O) groups is 3. The van der Waals surface area contributed by atoms with E-state index in [1.54, 1.807) is 7.05 Å². The van der Waals surface area contributed by atoms with Crippen molar-refractivity contribution in [3.05, 3.63) is 0 Å². The van der Waals surface area contributed by atoms with Crippen molar-refractivity contribution in [3.8, 4) is 0 Å². The predicted octanol–water partition coefficient (Wildman–Crippen LogP) is 0.409. The average molecular weight is 285 g/mol. The molecule has 0 heterocycles. The third-order valence-corrected chi connectivity index (χ3v) is 3.90. The van der Waals surface area contributed by atoms with Crippen molar-refractivity contribution >= 4 is 17.9 Å². The van der Waals surface area contributed by atoms with Gasteiger partial charge < -0.3 is 20.6 Å². The van der Waals surface area contributed by atoms with Gasteiger partial charge in [-0.25, -0.2) is 4.79 Å². The van der Waals surface area contributed by atoms with Crippen molar-refractivity contribution in [2.24, 2.45) is 5.41 Å². The fourth-order valence-electron chi connectivity index (χ4n) is 2.30. The zero-order chi connectivity index (χ0) is 15.2. The van der Waals surface area contributed by atoms with Gasteiger partial charge in [0.05, 0.1) is 12.0 Å². The molecule has 114 valence electrons. The second-order valence-electron chi connectivity index (χ2n) is 5.24. The molecule has 0 aromatic rings. The van der Waals surface area contributed by atoms with Crippen molar-refractivity contribution in [3.63, 3.8) is 0 Å². The van der Waals surface area contributed by atoms with Crippen LogP contribution in [0.4, 0.5) is 4.79 Å². The smallest absolute Gasteiger partial charge is 0.315 e. The molecule has 1 rings (SSSR count). The molecule has 1 fully saturated rings. The van der Waals surface area contributed by atoms with Crippen molar-refractivity contribution in [1.29, 1.82) is 0 Å². The van der Waals surface area contributed by atoms with E-state index in [0.29, 0.717) is 19.4 Å². The molecule has 7 heteroatoms. The molecule has 0 spiro atoms. The molecule has 20 heavy (non-hydrogen) atoms. The molecule has 0 aromatic heterocycles. The number of carbonyl (C=O) groups excluding carboxylic acids is 2. The van der Waals surface area contributed by atoms with Gasteiger partial charge in [0.2, 0.25) is 5.91 Å². The SMILES string of the molecule is CCN(C)C(=O)CNC(=O)NCC1(C(=O)O)CCCC1. The van der Waals surface area contributed by atoms with Crippen LogP contribution >= 0.6 is 0 Å². The van der Waals surface area contributed by atoms with Crippen LogP contribution in [0.5, 0.6) is 0 Å². The van der Waals surface area contributed by atoms with E-state index in [2.05, 4.69) is 10.6 Å². The lowest BCUT2D eigenvalue weighted by Crippen LogP contribution is -2.47. The van der Waals surface area contributed by atoms with E-state index in [-0.39, 0.29) is 19.0 Å². The number of likely N-dealkylation sites (N-methyl/N-ethyl adjacent to an activating group) is 1.